The first-order chi connectivity index (χ1) is 7.63. The van der Waals surface area contributed by atoms with E-state index >= 15 is 0 Å². The molecule has 0 amide bonds. The maximum atomic E-state index is 10.7. The molecule has 0 aromatic heterocycles. The lowest BCUT2D eigenvalue weighted by Gasteiger charge is -2.08. The van der Waals surface area contributed by atoms with Gasteiger partial charge in [0.1, 0.15) is 19.0 Å². The molecule has 0 saturated heterocycles. The number of hydrogen-bond donors (Lipinski definition) is 0. The van der Waals surface area contributed by atoms with Gasteiger partial charge < -0.3 is 9.47 Å². The SMILES string of the molecule is C=CC(=O)OCCOc1ccc(Br)cc1Br. The highest BCUT2D eigenvalue weighted by atomic mass is 79.9. The van der Waals surface area contributed by atoms with Crippen LogP contribution in [0, 0.1) is 0 Å². The van der Waals surface area contributed by atoms with Crippen molar-refractivity contribution in [3.63, 3.8) is 0 Å². The van der Waals surface area contributed by atoms with E-state index < -0.39 is 5.97 Å². The van der Waals surface area contributed by atoms with Gasteiger partial charge in [-0.3, -0.25) is 0 Å². The number of rotatable bonds is 5. The largest absolute Gasteiger partial charge is 0.489 e. The van der Waals surface area contributed by atoms with Crippen molar-refractivity contribution >= 4 is 37.8 Å². The fraction of sp³-hybridized carbons (Fsp3) is 0.182. The lowest BCUT2D eigenvalue weighted by atomic mass is 10.3. The normalized spacial score (nSPS) is 9.62. The Kier molecular flexibility index (Phi) is 5.55. The summed E-state index contributed by atoms with van der Waals surface area (Å²) >= 11 is 6.70. The summed E-state index contributed by atoms with van der Waals surface area (Å²) in [5.74, 6) is 0.260. The average molecular weight is 350 g/mol. The summed E-state index contributed by atoms with van der Waals surface area (Å²) in [6, 6.07) is 5.57. The highest BCUT2D eigenvalue weighted by Crippen LogP contribution is 2.27. The molecule has 1 rings (SSSR count). The Morgan fingerprint density at radius 1 is 1.38 bits per heavy atom. The van der Waals surface area contributed by atoms with E-state index in [9.17, 15) is 4.79 Å². The standard InChI is InChI=1S/C11H10Br2O3/c1-2-11(14)16-6-5-15-10-4-3-8(12)7-9(10)13/h2-4,7H,1,5-6H2. The van der Waals surface area contributed by atoms with Crippen molar-refractivity contribution in [3.05, 3.63) is 39.8 Å². The van der Waals surface area contributed by atoms with Crippen LogP contribution in [0.5, 0.6) is 5.75 Å². The molecule has 3 nitrogen and oxygen atoms in total. The van der Waals surface area contributed by atoms with Crippen LogP contribution in [0.25, 0.3) is 0 Å². The molecule has 0 N–H and O–H groups in total. The fourth-order valence-corrected chi connectivity index (χ4v) is 2.11. The third kappa shape index (κ3) is 4.37. The molecule has 86 valence electrons. The molecule has 16 heavy (non-hydrogen) atoms. The van der Waals surface area contributed by atoms with E-state index in [0.29, 0.717) is 12.4 Å². The Hall–Kier alpha value is -0.810. The van der Waals surface area contributed by atoms with Gasteiger partial charge in [0.15, 0.2) is 0 Å². The van der Waals surface area contributed by atoms with Crippen LogP contribution in [-0.2, 0) is 9.53 Å². The molecular formula is C11H10Br2O3. The van der Waals surface area contributed by atoms with Gasteiger partial charge in [-0.05, 0) is 34.1 Å². The van der Waals surface area contributed by atoms with Crippen LogP contribution in [0.15, 0.2) is 39.8 Å². The summed E-state index contributed by atoms with van der Waals surface area (Å²) in [5.41, 5.74) is 0. The minimum absolute atomic E-state index is 0.202. The molecular weight excluding hydrogens is 340 g/mol. The van der Waals surface area contributed by atoms with E-state index in [-0.39, 0.29) is 6.61 Å². The average Bonchev–Trinajstić information content (AvgIpc) is 2.26. The van der Waals surface area contributed by atoms with E-state index in [2.05, 4.69) is 38.4 Å². The highest BCUT2D eigenvalue weighted by Gasteiger charge is 2.02. The van der Waals surface area contributed by atoms with Crippen molar-refractivity contribution in [3.8, 4) is 5.75 Å². The second kappa shape index (κ2) is 6.70. The molecule has 0 unspecified atom stereocenters. The van der Waals surface area contributed by atoms with Crippen LogP contribution in [0.1, 0.15) is 0 Å². The molecule has 0 spiro atoms. The summed E-state index contributed by atoms with van der Waals surface area (Å²) < 4.78 is 12.0. The Labute approximate surface area is 111 Å². The summed E-state index contributed by atoms with van der Waals surface area (Å²) in [4.78, 5) is 10.7. The molecule has 0 aliphatic heterocycles. The Bertz CT molecular complexity index is 391. The summed E-state index contributed by atoms with van der Waals surface area (Å²) in [7, 11) is 0. The molecule has 0 atom stereocenters. The Morgan fingerprint density at radius 2 is 2.12 bits per heavy atom. The first-order valence-electron chi connectivity index (χ1n) is 4.50. The van der Waals surface area contributed by atoms with Crippen LogP contribution < -0.4 is 4.74 Å². The van der Waals surface area contributed by atoms with Crippen LogP contribution in [0.4, 0.5) is 0 Å². The molecule has 0 saturated carbocycles. The third-order valence-electron chi connectivity index (χ3n) is 1.65. The number of esters is 1. The molecule has 0 fully saturated rings. The van der Waals surface area contributed by atoms with E-state index in [1.165, 1.54) is 0 Å². The van der Waals surface area contributed by atoms with Crippen LogP contribution in [-0.4, -0.2) is 19.2 Å². The van der Waals surface area contributed by atoms with E-state index in [1.54, 1.807) is 0 Å². The Balaban J connectivity index is 2.37. The molecule has 0 heterocycles. The fourth-order valence-electron chi connectivity index (χ4n) is 0.945. The van der Waals surface area contributed by atoms with Crippen LogP contribution >= 0.6 is 31.9 Å². The van der Waals surface area contributed by atoms with E-state index in [1.807, 2.05) is 18.2 Å². The maximum Gasteiger partial charge on any atom is 0.330 e. The number of ether oxygens (including phenoxy) is 2. The lowest BCUT2D eigenvalue weighted by molar-refractivity contribution is -0.138. The zero-order valence-electron chi connectivity index (χ0n) is 8.41. The van der Waals surface area contributed by atoms with Crippen molar-refractivity contribution < 1.29 is 14.3 Å². The zero-order chi connectivity index (χ0) is 12.0. The van der Waals surface area contributed by atoms with E-state index in [4.69, 9.17) is 9.47 Å². The second-order valence-electron chi connectivity index (χ2n) is 2.79. The van der Waals surface area contributed by atoms with Crippen molar-refractivity contribution in [2.75, 3.05) is 13.2 Å². The maximum absolute atomic E-state index is 10.7. The molecule has 0 aliphatic carbocycles. The molecule has 1 aromatic rings. The van der Waals surface area contributed by atoms with Gasteiger partial charge in [-0.2, -0.15) is 0 Å². The predicted octanol–water partition coefficient (Wildman–Crippen LogP) is 3.32. The zero-order valence-corrected chi connectivity index (χ0v) is 11.6. The van der Waals surface area contributed by atoms with Crippen molar-refractivity contribution in [1.29, 1.82) is 0 Å². The van der Waals surface area contributed by atoms with E-state index in [0.717, 1.165) is 15.0 Å². The smallest absolute Gasteiger partial charge is 0.330 e. The van der Waals surface area contributed by atoms with Crippen LogP contribution in [0.2, 0.25) is 0 Å². The molecule has 0 bridgehead atoms. The minimum Gasteiger partial charge on any atom is -0.489 e. The predicted molar refractivity (Wildman–Crippen MR) is 68.5 cm³/mol. The monoisotopic (exact) mass is 348 g/mol. The van der Waals surface area contributed by atoms with Crippen molar-refractivity contribution in [2.45, 2.75) is 0 Å². The second-order valence-corrected chi connectivity index (χ2v) is 4.56. The van der Waals surface area contributed by atoms with Gasteiger partial charge >= 0.3 is 5.97 Å². The highest BCUT2D eigenvalue weighted by molar-refractivity contribution is 9.11. The first-order valence-corrected chi connectivity index (χ1v) is 6.09. The van der Waals surface area contributed by atoms with Gasteiger partial charge in [-0.25, -0.2) is 4.79 Å². The summed E-state index contributed by atoms with van der Waals surface area (Å²) in [5, 5.41) is 0. The van der Waals surface area contributed by atoms with Gasteiger partial charge in [0.05, 0.1) is 4.47 Å². The number of hydrogen-bond acceptors (Lipinski definition) is 3. The molecule has 5 heteroatoms. The first kappa shape index (κ1) is 13.3. The number of carbonyl (C=O) groups excluding carboxylic acids is 1. The van der Waals surface area contributed by atoms with Crippen molar-refractivity contribution in [2.24, 2.45) is 0 Å². The number of halogens is 2. The topological polar surface area (TPSA) is 35.5 Å². The summed E-state index contributed by atoms with van der Waals surface area (Å²) in [6.07, 6.45) is 1.12. The number of benzene rings is 1. The minimum atomic E-state index is -0.446. The lowest BCUT2D eigenvalue weighted by Crippen LogP contribution is -2.10. The molecule has 0 aliphatic rings. The van der Waals surface area contributed by atoms with Gasteiger partial charge in [0.25, 0.3) is 0 Å². The molecule has 1 aromatic carbocycles. The van der Waals surface area contributed by atoms with Crippen LogP contribution in [0.3, 0.4) is 0 Å². The Morgan fingerprint density at radius 3 is 2.75 bits per heavy atom. The van der Waals surface area contributed by atoms with Gasteiger partial charge in [0.2, 0.25) is 0 Å². The molecule has 0 radical (unpaired) electrons. The van der Waals surface area contributed by atoms with Crippen molar-refractivity contribution in [1.82, 2.24) is 0 Å². The quantitative estimate of drug-likeness (QED) is 0.464. The number of carbonyl (C=O) groups is 1. The van der Waals surface area contributed by atoms with Gasteiger partial charge in [0, 0.05) is 10.5 Å². The van der Waals surface area contributed by atoms with Gasteiger partial charge in [-0.15, -0.1) is 0 Å². The third-order valence-corrected chi connectivity index (χ3v) is 2.76. The van der Waals surface area contributed by atoms with Gasteiger partial charge in [-0.1, -0.05) is 22.5 Å². The summed E-state index contributed by atoms with van der Waals surface area (Å²) in [6.45, 7) is 3.80.